The van der Waals surface area contributed by atoms with Crippen LogP contribution in [0.25, 0.3) is 11.1 Å². The molecule has 0 unspecified atom stereocenters. The number of benzene rings is 2. The summed E-state index contributed by atoms with van der Waals surface area (Å²) >= 11 is 0. The molecule has 2 aromatic carbocycles. The van der Waals surface area contributed by atoms with Crippen LogP contribution in [0.3, 0.4) is 0 Å². The zero-order valence-corrected chi connectivity index (χ0v) is 15.4. The number of nitrogens with one attached hydrogen (secondary N) is 1. The minimum absolute atomic E-state index is 0.0636. The van der Waals surface area contributed by atoms with Crippen LogP contribution in [-0.2, 0) is 9.53 Å². The van der Waals surface area contributed by atoms with Crippen molar-refractivity contribution in [2.45, 2.75) is 13.0 Å². The number of nitro benzene ring substituents is 1. The molecule has 27 heavy (non-hydrogen) atoms. The van der Waals surface area contributed by atoms with E-state index in [9.17, 15) is 14.9 Å². The first-order valence-corrected chi connectivity index (χ1v) is 8.28. The lowest BCUT2D eigenvalue weighted by Crippen LogP contribution is -2.38. The van der Waals surface area contributed by atoms with Gasteiger partial charge in [-0.1, -0.05) is 12.1 Å². The third-order valence-electron chi connectivity index (χ3n) is 3.76. The van der Waals surface area contributed by atoms with E-state index < -0.39 is 4.92 Å². The van der Waals surface area contributed by atoms with Crippen LogP contribution in [0.5, 0.6) is 11.5 Å². The number of nitro groups is 1. The first kappa shape index (κ1) is 20.2. The summed E-state index contributed by atoms with van der Waals surface area (Å²) in [5, 5.41) is 13.9. The molecular weight excluding hydrogens is 352 g/mol. The van der Waals surface area contributed by atoms with Gasteiger partial charge in [-0.3, -0.25) is 14.9 Å². The number of hydrogen-bond donors (Lipinski definition) is 1. The number of nitrogens with zero attached hydrogens (tertiary/aromatic N) is 1. The third kappa shape index (κ3) is 5.68. The Balaban J connectivity index is 2.22. The molecule has 1 N–H and O–H groups in total. The number of methoxy groups -OCH3 is 2. The van der Waals surface area contributed by atoms with Gasteiger partial charge in [0.25, 0.3) is 11.6 Å². The van der Waals surface area contributed by atoms with Gasteiger partial charge in [-0.25, -0.2) is 0 Å². The number of rotatable bonds is 9. The Bertz CT molecular complexity index is 791. The number of carbonyl (C=O) groups is 1. The van der Waals surface area contributed by atoms with Gasteiger partial charge in [0, 0.05) is 30.8 Å². The highest BCUT2D eigenvalue weighted by Gasteiger charge is 2.15. The van der Waals surface area contributed by atoms with E-state index in [2.05, 4.69) is 5.32 Å². The quantitative estimate of drug-likeness (QED) is 0.535. The fourth-order valence-corrected chi connectivity index (χ4v) is 2.51. The summed E-state index contributed by atoms with van der Waals surface area (Å²) in [6.45, 7) is 1.99. The first-order valence-electron chi connectivity index (χ1n) is 8.28. The summed E-state index contributed by atoms with van der Waals surface area (Å²) in [6.07, 6.45) is 0. The van der Waals surface area contributed by atoms with E-state index in [1.54, 1.807) is 38.5 Å². The van der Waals surface area contributed by atoms with Crippen LogP contribution >= 0.6 is 0 Å². The predicted molar refractivity (Wildman–Crippen MR) is 100 cm³/mol. The Hall–Kier alpha value is -3.13. The molecular formula is C19H22N2O6. The molecule has 0 radical (unpaired) electrons. The van der Waals surface area contributed by atoms with Crippen molar-refractivity contribution in [1.29, 1.82) is 0 Å². The van der Waals surface area contributed by atoms with Crippen LogP contribution in [0.4, 0.5) is 5.69 Å². The number of carbonyl (C=O) groups excluding carboxylic acids is 1. The fraction of sp³-hybridized carbons (Fsp3) is 0.316. The molecule has 0 fully saturated rings. The van der Waals surface area contributed by atoms with Crippen LogP contribution in [0.15, 0.2) is 42.5 Å². The monoisotopic (exact) mass is 374 g/mol. The van der Waals surface area contributed by atoms with Crippen molar-refractivity contribution in [3.8, 4) is 22.6 Å². The lowest BCUT2D eigenvalue weighted by atomic mass is 10.0. The molecule has 0 spiro atoms. The Labute approximate surface area is 157 Å². The van der Waals surface area contributed by atoms with Crippen LogP contribution < -0.4 is 14.8 Å². The maximum atomic E-state index is 12.0. The molecule has 0 saturated heterocycles. The molecule has 8 nitrogen and oxygen atoms in total. The van der Waals surface area contributed by atoms with Crippen molar-refractivity contribution in [2.24, 2.45) is 0 Å². The molecule has 144 valence electrons. The number of non-ortho nitro benzene ring substituents is 1. The van der Waals surface area contributed by atoms with Crippen molar-refractivity contribution in [3.05, 3.63) is 52.6 Å². The second-order valence-electron chi connectivity index (χ2n) is 5.88. The molecule has 0 saturated carbocycles. The van der Waals surface area contributed by atoms with Gasteiger partial charge < -0.3 is 19.5 Å². The third-order valence-corrected chi connectivity index (χ3v) is 3.76. The van der Waals surface area contributed by atoms with Gasteiger partial charge >= 0.3 is 0 Å². The van der Waals surface area contributed by atoms with E-state index in [-0.39, 0.29) is 24.2 Å². The average Bonchev–Trinajstić information content (AvgIpc) is 2.66. The van der Waals surface area contributed by atoms with Crippen molar-refractivity contribution in [2.75, 3.05) is 27.4 Å². The Morgan fingerprint density at radius 3 is 2.48 bits per heavy atom. The van der Waals surface area contributed by atoms with E-state index in [4.69, 9.17) is 14.2 Å². The molecule has 1 amide bonds. The summed E-state index contributed by atoms with van der Waals surface area (Å²) in [6, 6.07) is 11.1. The second-order valence-corrected chi connectivity index (χ2v) is 5.88. The van der Waals surface area contributed by atoms with Crippen molar-refractivity contribution in [3.63, 3.8) is 0 Å². The standard InChI is InChI=1S/C19H22N2O6/c1-13(11-25-2)20-19(22)12-27-18-9-6-15(21(23)24)10-17(18)14-4-7-16(26-3)8-5-14/h4-10,13H,11-12H2,1-3H3,(H,20,22)/t13-/m0/s1. The summed E-state index contributed by atoms with van der Waals surface area (Å²) in [5.74, 6) is 0.733. The normalized spacial score (nSPS) is 11.5. The molecule has 0 heterocycles. The van der Waals surface area contributed by atoms with Gasteiger partial charge in [0.1, 0.15) is 11.5 Å². The smallest absolute Gasteiger partial charge is 0.270 e. The van der Waals surface area contributed by atoms with Crippen LogP contribution in [0.1, 0.15) is 6.92 Å². The maximum absolute atomic E-state index is 12.0. The summed E-state index contributed by atoms with van der Waals surface area (Å²) < 4.78 is 15.7. The van der Waals surface area contributed by atoms with E-state index in [1.165, 1.54) is 18.2 Å². The average molecular weight is 374 g/mol. The van der Waals surface area contributed by atoms with E-state index in [1.807, 2.05) is 6.92 Å². The van der Waals surface area contributed by atoms with Crippen molar-refractivity contribution in [1.82, 2.24) is 5.32 Å². The summed E-state index contributed by atoms with van der Waals surface area (Å²) in [7, 11) is 3.11. The van der Waals surface area contributed by atoms with E-state index in [0.29, 0.717) is 29.2 Å². The van der Waals surface area contributed by atoms with E-state index >= 15 is 0 Å². The number of hydrogen-bond acceptors (Lipinski definition) is 6. The zero-order chi connectivity index (χ0) is 19.8. The lowest BCUT2D eigenvalue weighted by molar-refractivity contribution is -0.384. The Morgan fingerprint density at radius 1 is 1.19 bits per heavy atom. The Kier molecular flexibility index (Phi) is 7.13. The topological polar surface area (TPSA) is 99.9 Å². The molecule has 0 aliphatic carbocycles. The fourth-order valence-electron chi connectivity index (χ4n) is 2.51. The molecule has 2 rings (SSSR count). The predicted octanol–water partition coefficient (Wildman–Crippen LogP) is 2.80. The van der Waals surface area contributed by atoms with Gasteiger partial charge in [0.05, 0.1) is 18.6 Å². The molecule has 0 aliphatic heterocycles. The van der Waals surface area contributed by atoms with E-state index in [0.717, 1.165) is 0 Å². The lowest BCUT2D eigenvalue weighted by Gasteiger charge is -2.15. The van der Waals surface area contributed by atoms with Gasteiger partial charge in [-0.2, -0.15) is 0 Å². The zero-order valence-electron chi connectivity index (χ0n) is 15.4. The molecule has 0 bridgehead atoms. The highest BCUT2D eigenvalue weighted by molar-refractivity contribution is 5.79. The highest BCUT2D eigenvalue weighted by atomic mass is 16.6. The molecule has 0 aromatic heterocycles. The van der Waals surface area contributed by atoms with Crippen LogP contribution in [-0.4, -0.2) is 44.3 Å². The van der Waals surface area contributed by atoms with Crippen molar-refractivity contribution < 1.29 is 23.9 Å². The van der Waals surface area contributed by atoms with Gasteiger partial charge in [0.2, 0.25) is 0 Å². The summed E-state index contributed by atoms with van der Waals surface area (Å²) in [5.41, 5.74) is 1.17. The first-order chi connectivity index (χ1) is 12.9. The second kappa shape index (κ2) is 9.54. The number of ether oxygens (including phenoxy) is 3. The molecule has 2 aromatic rings. The molecule has 8 heteroatoms. The SMILES string of the molecule is COC[C@H](C)NC(=O)COc1ccc([N+](=O)[O-])cc1-c1ccc(OC)cc1. The summed E-state index contributed by atoms with van der Waals surface area (Å²) in [4.78, 5) is 22.6. The Morgan fingerprint density at radius 2 is 1.89 bits per heavy atom. The van der Waals surface area contributed by atoms with Crippen LogP contribution in [0, 0.1) is 10.1 Å². The minimum Gasteiger partial charge on any atom is -0.497 e. The molecule has 0 aliphatic rings. The number of amides is 1. The maximum Gasteiger partial charge on any atom is 0.270 e. The van der Waals surface area contributed by atoms with Crippen molar-refractivity contribution >= 4 is 11.6 Å². The van der Waals surface area contributed by atoms with Gasteiger partial charge in [0.15, 0.2) is 6.61 Å². The van der Waals surface area contributed by atoms with Gasteiger partial charge in [-0.15, -0.1) is 0 Å². The molecule has 1 atom stereocenters. The minimum atomic E-state index is -0.476. The van der Waals surface area contributed by atoms with Crippen LogP contribution in [0.2, 0.25) is 0 Å². The largest absolute Gasteiger partial charge is 0.497 e. The van der Waals surface area contributed by atoms with Gasteiger partial charge in [-0.05, 0) is 30.7 Å². The highest BCUT2D eigenvalue weighted by Crippen LogP contribution is 2.34.